The fourth-order valence-electron chi connectivity index (χ4n) is 1.88. The molecule has 0 heterocycles. The summed E-state index contributed by atoms with van der Waals surface area (Å²) in [5, 5.41) is 0. The first-order chi connectivity index (χ1) is 10.0. The third-order valence-corrected chi connectivity index (χ3v) is 5.57. The standard InChI is InChI=1S/C15H22F3NO2S2/c1-13(2,3)19-23(20,21)12-10(15(16,17)18)8-7-9-11(12)22-14(4,5)6/h7-9,19H,1-6H3. The van der Waals surface area contributed by atoms with E-state index in [1.165, 1.54) is 12.1 Å². The van der Waals surface area contributed by atoms with Gasteiger partial charge in [0.1, 0.15) is 4.90 Å². The van der Waals surface area contributed by atoms with Gasteiger partial charge in [-0.3, -0.25) is 0 Å². The number of sulfonamides is 1. The zero-order valence-electron chi connectivity index (χ0n) is 14.0. The van der Waals surface area contributed by atoms with Crippen LogP contribution in [0, 0.1) is 0 Å². The lowest BCUT2D eigenvalue weighted by molar-refractivity contribution is -0.140. The molecule has 0 aliphatic heterocycles. The van der Waals surface area contributed by atoms with E-state index in [4.69, 9.17) is 0 Å². The van der Waals surface area contributed by atoms with Gasteiger partial charge in [0.2, 0.25) is 10.0 Å². The van der Waals surface area contributed by atoms with Crippen molar-refractivity contribution in [2.75, 3.05) is 0 Å². The quantitative estimate of drug-likeness (QED) is 0.788. The summed E-state index contributed by atoms with van der Waals surface area (Å²) in [5.41, 5.74) is -2.04. The van der Waals surface area contributed by atoms with Crippen molar-refractivity contribution in [1.82, 2.24) is 4.72 Å². The first kappa shape index (κ1) is 20.3. The molecule has 132 valence electrons. The Kier molecular flexibility index (Phi) is 5.56. The molecule has 0 bridgehead atoms. The summed E-state index contributed by atoms with van der Waals surface area (Å²) in [6.07, 6.45) is -4.75. The fraction of sp³-hybridized carbons (Fsp3) is 0.600. The van der Waals surface area contributed by atoms with Crippen LogP contribution in [-0.4, -0.2) is 18.7 Å². The molecule has 8 heteroatoms. The average molecular weight is 369 g/mol. The number of hydrogen-bond donors (Lipinski definition) is 1. The third kappa shape index (κ3) is 6.00. The molecule has 1 N–H and O–H groups in total. The molecule has 0 aliphatic carbocycles. The van der Waals surface area contributed by atoms with Crippen molar-refractivity contribution in [3.63, 3.8) is 0 Å². The van der Waals surface area contributed by atoms with Gasteiger partial charge in [-0.25, -0.2) is 13.1 Å². The second-order valence-corrected chi connectivity index (χ2v) is 10.7. The topological polar surface area (TPSA) is 46.2 Å². The zero-order chi connectivity index (χ0) is 18.3. The fourth-order valence-corrected chi connectivity index (χ4v) is 5.06. The van der Waals surface area contributed by atoms with E-state index in [0.717, 1.165) is 17.8 Å². The van der Waals surface area contributed by atoms with Gasteiger partial charge in [0.25, 0.3) is 0 Å². The van der Waals surface area contributed by atoms with Crippen molar-refractivity contribution in [3.8, 4) is 0 Å². The minimum atomic E-state index is -4.75. The number of hydrogen-bond acceptors (Lipinski definition) is 3. The summed E-state index contributed by atoms with van der Waals surface area (Å²) in [6, 6.07) is 3.43. The Bertz CT molecular complexity index is 669. The molecule has 0 spiro atoms. The van der Waals surface area contributed by atoms with Gasteiger partial charge in [-0.15, -0.1) is 11.8 Å². The monoisotopic (exact) mass is 369 g/mol. The second-order valence-electron chi connectivity index (χ2n) is 7.20. The Labute approximate surface area is 140 Å². The van der Waals surface area contributed by atoms with Crippen molar-refractivity contribution in [3.05, 3.63) is 23.8 Å². The third-order valence-electron chi connectivity index (χ3n) is 2.41. The van der Waals surface area contributed by atoms with Gasteiger partial charge in [-0.1, -0.05) is 26.8 Å². The molecule has 0 saturated carbocycles. The highest BCUT2D eigenvalue weighted by molar-refractivity contribution is 8.01. The molecule has 0 fully saturated rings. The van der Waals surface area contributed by atoms with Gasteiger partial charge < -0.3 is 0 Å². The Morgan fingerprint density at radius 3 is 1.91 bits per heavy atom. The molecule has 0 aliphatic rings. The summed E-state index contributed by atoms with van der Waals surface area (Å²) < 4.78 is 67.0. The molecular formula is C15H22F3NO2S2. The molecule has 1 aromatic carbocycles. The van der Waals surface area contributed by atoms with E-state index >= 15 is 0 Å². The van der Waals surface area contributed by atoms with E-state index in [2.05, 4.69) is 4.72 Å². The zero-order valence-corrected chi connectivity index (χ0v) is 15.6. The van der Waals surface area contributed by atoms with Crippen LogP contribution in [0.25, 0.3) is 0 Å². The number of alkyl halides is 3. The van der Waals surface area contributed by atoms with Crippen LogP contribution in [0.15, 0.2) is 28.0 Å². The molecule has 1 rings (SSSR count). The summed E-state index contributed by atoms with van der Waals surface area (Å²) in [5.74, 6) is 0. The Balaban J connectivity index is 3.65. The lowest BCUT2D eigenvalue weighted by atomic mass is 10.1. The van der Waals surface area contributed by atoms with Crippen LogP contribution in [0.1, 0.15) is 47.1 Å². The van der Waals surface area contributed by atoms with Crippen LogP contribution in [0.3, 0.4) is 0 Å². The van der Waals surface area contributed by atoms with E-state index in [1.54, 1.807) is 20.8 Å². The molecule has 23 heavy (non-hydrogen) atoms. The molecule has 0 saturated heterocycles. The molecule has 0 aromatic heterocycles. The molecule has 0 unspecified atom stereocenters. The van der Waals surface area contributed by atoms with Crippen LogP contribution in [0.4, 0.5) is 13.2 Å². The minimum Gasteiger partial charge on any atom is -0.207 e. The number of benzene rings is 1. The van der Waals surface area contributed by atoms with E-state index in [1.807, 2.05) is 20.8 Å². The molecule has 0 atom stereocenters. The van der Waals surface area contributed by atoms with Crippen LogP contribution < -0.4 is 4.72 Å². The number of nitrogens with one attached hydrogen (secondary N) is 1. The lowest BCUT2D eigenvalue weighted by Crippen LogP contribution is -2.41. The van der Waals surface area contributed by atoms with E-state index in [0.29, 0.717) is 0 Å². The van der Waals surface area contributed by atoms with Crippen molar-refractivity contribution in [2.24, 2.45) is 0 Å². The maximum atomic E-state index is 13.3. The van der Waals surface area contributed by atoms with Crippen LogP contribution >= 0.6 is 11.8 Å². The predicted octanol–water partition coefficient (Wildman–Crippen LogP) is 4.67. The smallest absolute Gasteiger partial charge is 0.207 e. The minimum absolute atomic E-state index is 0.0871. The normalized spacial score (nSPS) is 14.1. The van der Waals surface area contributed by atoms with Gasteiger partial charge in [0.15, 0.2) is 0 Å². The lowest BCUT2D eigenvalue weighted by Gasteiger charge is -2.25. The van der Waals surface area contributed by atoms with Gasteiger partial charge in [-0.05, 0) is 32.9 Å². The van der Waals surface area contributed by atoms with Crippen molar-refractivity contribution < 1.29 is 21.6 Å². The first-order valence-electron chi connectivity index (χ1n) is 6.96. The van der Waals surface area contributed by atoms with Crippen LogP contribution in [0.2, 0.25) is 0 Å². The molecule has 0 radical (unpaired) electrons. The first-order valence-corrected chi connectivity index (χ1v) is 9.26. The van der Waals surface area contributed by atoms with Crippen LogP contribution in [0.5, 0.6) is 0 Å². The highest BCUT2D eigenvalue weighted by Crippen LogP contribution is 2.42. The molecule has 1 aromatic rings. The Morgan fingerprint density at radius 2 is 1.52 bits per heavy atom. The summed E-state index contributed by atoms with van der Waals surface area (Å²) in [7, 11) is -4.33. The predicted molar refractivity (Wildman–Crippen MR) is 87.1 cm³/mol. The number of halogens is 3. The molecule has 0 amide bonds. The van der Waals surface area contributed by atoms with Gasteiger partial charge >= 0.3 is 6.18 Å². The SMILES string of the molecule is CC(C)(C)NS(=O)(=O)c1c(SC(C)(C)C)cccc1C(F)(F)F. The summed E-state index contributed by atoms with van der Waals surface area (Å²) in [6.45, 7) is 10.2. The van der Waals surface area contributed by atoms with Gasteiger partial charge in [0.05, 0.1) is 5.56 Å². The highest BCUT2D eigenvalue weighted by atomic mass is 32.2. The van der Waals surface area contributed by atoms with E-state index in [-0.39, 0.29) is 4.90 Å². The number of thioether (sulfide) groups is 1. The van der Waals surface area contributed by atoms with E-state index < -0.39 is 36.9 Å². The van der Waals surface area contributed by atoms with Crippen molar-refractivity contribution >= 4 is 21.8 Å². The second kappa shape index (κ2) is 6.29. The van der Waals surface area contributed by atoms with Crippen molar-refractivity contribution in [1.29, 1.82) is 0 Å². The average Bonchev–Trinajstić information content (AvgIpc) is 2.21. The summed E-state index contributed by atoms with van der Waals surface area (Å²) >= 11 is 1.09. The number of rotatable bonds is 3. The maximum Gasteiger partial charge on any atom is 0.417 e. The maximum absolute atomic E-state index is 13.3. The highest BCUT2D eigenvalue weighted by Gasteiger charge is 2.40. The Hall–Kier alpha value is -0.730. The largest absolute Gasteiger partial charge is 0.417 e. The van der Waals surface area contributed by atoms with E-state index in [9.17, 15) is 21.6 Å². The molecule has 3 nitrogen and oxygen atoms in total. The van der Waals surface area contributed by atoms with Gasteiger partial charge in [0, 0.05) is 15.2 Å². The van der Waals surface area contributed by atoms with Crippen molar-refractivity contribution in [2.45, 2.75) is 67.8 Å². The Morgan fingerprint density at radius 1 is 1.00 bits per heavy atom. The van der Waals surface area contributed by atoms with Crippen LogP contribution in [-0.2, 0) is 16.2 Å². The van der Waals surface area contributed by atoms with Gasteiger partial charge in [-0.2, -0.15) is 13.2 Å². The molecular weight excluding hydrogens is 347 g/mol. The summed E-state index contributed by atoms with van der Waals surface area (Å²) in [4.78, 5) is -0.619.